The lowest BCUT2D eigenvalue weighted by Crippen LogP contribution is -2.46. The first kappa shape index (κ1) is 17.9. The van der Waals surface area contributed by atoms with Crippen LogP contribution in [0.3, 0.4) is 0 Å². The molecule has 0 unspecified atom stereocenters. The molecular formula is C15H32O2Si. The average Bonchev–Trinajstić information content (AvgIpc) is 2.14. The minimum absolute atomic E-state index is 0.140. The Morgan fingerprint density at radius 2 is 1.78 bits per heavy atom. The minimum atomic E-state index is -1.76. The van der Waals surface area contributed by atoms with Crippen molar-refractivity contribution in [3.63, 3.8) is 0 Å². The van der Waals surface area contributed by atoms with Gasteiger partial charge in [-0.3, -0.25) is 0 Å². The van der Waals surface area contributed by atoms with Crippen molar-refractivity contribution < 1.29 is 9.53 Å². The van der Waals surface area contributed by atoms with E-state index < -0.39 is 8.32 Å². The molecule has 0 amide bonds. The molecular weight excluding hydrogens is 240 g/mol. The average molecular weight is 273 g/mol. The molecule has 0 radical (unpaired) electrons. The Kier molecular flexibility index (Phi) is 6.83. The zero-order valence-electron chi connectivity index (χ0n) is 13.3. The molecule has 1 N–H and O–H groups in total. The molecule has 2 atom stereocenters. The van der Waals surface area contributed by atoms with E-state index in [2.05, 4.69) is 54.3 Å². The molecule has 0 aromatic heterocycles. The molecule has 18 heavy (non-hydrogen) atoms. The van der Waals surface area contributed by atoms with E-state index in [4.69, 9.17) is 4.43 Å². The van der Waals surface area contributed by atoms with Crippen LogP contribution >= 0.6 is 0 Å². The summed E-state index contributed by atoms with van der Waals surface area (Å²) in [6.07, 6.45) is 2.93. The molecule has 108 valence electrons. The lowest BCUT2D eigenvalue weighted by Gasteiger charge is -2.41. The first-order valence-corrected chi connectivity index (χ1v) is 9.89. The van der Waals surface area contributed by atoms with Crippen LogP contribution in [0.2, 0.25) is 18.1 Å². The van der Waals surface area contributed by atoms with Crippen molar-refractivity contribution in [2.45, 2.75) is 77.8 Å². The van der Waals surface area contributed by atoms with Crippen LogP contribution in [-0.4, -0.2) is 25.6 Å². The maximum absolute atomic E-state index is 9.93. The van der Waals surface area contributed by atoms with Gasteiger partial charge < -0.3 is 9.53 Å². The van der Waals surface area contributed by atoms with Crippen molar-refractivity contribution in [3.8, 4) is 0 Å². The Bertz CT molecular complexity index is 254. The molecule has 0 heterocycles. The van der Waals surface area contributed by atoms with E-state index >= 15 is 0 Å². The smallest absolute Gasteiger partial charge is 0.192 e. The van der Waals surface area contributed by atoms with E-state index in [-0.39, 0.29) is 17.2 Å². The van der Waals surface area contributed by atoms with E-state index in [1.807, 2.05) is 0 Å². The maximum atomic E-state index is 9.93. The zero-order chi connectivity index (χ0) is 14.6. The fourth-order valence-electron chi connectivity index (χ4n) is 1.57. The molecule has 0 saturated carbocycles. The second-order valence-corrected chi connectivity index (χ2v) is 11.8. The highest BCUT2D eigenvalue weighted by Crippen LogP contribution is 2.38. The predicted octanol–water partition coefficient (Wildman–Crippen LogP) is 4.36. The Hall–Kier alpha value is -0.123. The summed E-state index contributed by atoms with van der Waals surface area (Å²) in [6.45, 7) is 19.3. The molecule has 0 aliphatic carbocycles. The van der Waals surface area contributed by atoms with Gasteiger partial charge in [0.25, 0.3) is 0 Å². The highest BCUT2D eigenvalue weighted by atomic mass is 28.4. The third kappa shape index (κ3) is 5.68. The van der Waals surface area contributed by atoms with Gasteiger partial charge in [0, 0.05) is 6.10 Å². The SMILES string of the molecule is C=CC[C@@H](O)C[C@@H](O[Si](C)(C)C(C)(C)C)C(C)C. The second kappa shape index (κ2) is 6.87. The van der Waals surface area contributed by atoms with Crippen molar-refractivity contribution in [1.29, 1.82) is 0 Å². The molecule has 0 aromatic carbocycles. The van der Waals surface area contributed by atoms with Gasteiger partial charge in [0.05, 0.1) is 6.10 Å². The largest absolute Gasteiger partial charge is 0.414 e. The first-order chi connectivity index (χ1) is 8.01. The molecule has 0 fully saturated rings. The van der Waals surface area contributed by atoms with Crippen molar-refractivity contribution in [1.82, 2.24) is 0 Å². The Labute approximate surface area is 115 Å². The fourth-order valence-corrected chi connectivity index (χ4v) is 3.05. The Balaban J connectivity index is 4.68. The van der Waals surface area contributed by atoms with Gasteiger partial charge in [0.1, 0.15) is 0 Å². The van der Waals surface area contributed by atoms with Gasteiger partial charge in [-0.05, 0) is 36.9 Å². The van der Waals surface area contributed by atoms with Crippen LogP contribution in [-0.2, 0) is 4.43 Å². The molecule has 0 aliphatic rings. The lowest BCUT2D eigenvalue weighted by atomic mass is 10.00. The van der Waals surface area contributed by atoms with Crippen LogP contribution in [0.5, 0.6) is 0 Å². The number of aliphatic hydroxyl groups excluding tert-OH is 1. The highest BCUT2D eigenvalue weighted by Gasteiger charge is 2.39. The minimum Gasteiger partial charge on any atom is -0.414 e. The second-order valence-electron chi connectivity index (χ2n) is 7.07. The first-order valence-electron chi connectivity index (χ1n) is 6.98. The van der Waals surface area contributed by atoms with E-state index in [1.165, 1.54) is 0 Å². The van der Waals surface area contributed by atoms with Crippen LogP contribution in [0.15, 0.2) is 12.7 Å². The molecule has 3 heteroatoms. The van der Waals surface area contributed by atoms with Gasteiger partial charge in [-0.1, -0.05) is 40.7 Å². The molecule has 0 bridgehead atoms. The van der Waals surface area contributed by atoms with Crippen molar-refractivity contribution in [2.24, 2.45) is 5.92 Å². The van der Waals surface area contributed by atoms with E-state index in [1.54, 1.807) is 6.08 Å². The lowest BCUT2D eigenvalue weighted by molar-refractivity contribution is 0.0620. The van der Waals surface area contributed by atoms with Crippen LogP contribution in [0.4, 0.5) is 0 Å². The highest BCUT2D eigenvalue weighted by molar-refractivity contribution is 6.74. The van der Waals surface area contributed by atoms with Crippen LogP contribution in [0.25, 0.3) is 0 Å². The number of aliphatic hydroxyl groups is 1. The number of rotatable bonds is 7. The van der Waals surface area contributed by atoms with Gasteiger partial charge in [0.2, 0.25) is 0 Å². The Morgan fingerprint density at radius 1 is 1.28 bits per heavy atom. The van der Waals surface area contributed by atoms with Crippen molar-refractivity contribution in [2.75, 3.05) is 0 Å². The molecule has 0 saturated heterocycles. The summed E-state index contributed by atoms with van der Waals surface area (Å²) in [4.78, 5) is 0. The van der Waals surface area contributed by atoms with Gasteiger partial charge in [0.15, 0.2) is 8.32 Å². The number of hydrogen-bond donors (Lipinski definition) is 1. The summed E-state index contributed by atoms with van der Waals surface area (Å²) < 4.78 is 6.43. The van der Waals surface area contributed by atoms with Crippen molar-refractivity contribution >= 4 is 8.32 Å². The summed E-state index contributed by atoms with van der Waals surface area (Å²) >= 11 is 0. The van der Waals surface area contributed by atoms with Crippen LogP contribution in [0.1, 0.15) is 47.5 Å². The molecule has 0 aromatic rings. The monoisotopic (exact) mass is 272 g/mol. The Morgan fingerprint density at radius 3 is 2.11 bits per heavy atom. The summed E-state index contributed by atoms with van der Waals surface area (Å²) in [5.41, 5.74) is 0. The molecule has 0 rings (SSSR count). The fraction of sp³-hybridized carbons (Fsp3) is 0.867. The van der Waals surface area contributed by atoms with Crippen LogP contribution in [0, 0.1) is 5.92 Å². The van der Waals surface area contributed by atoms with Crippen LogP contribution < -0.4 is 0 Å². The third-order valence-electron chi connectivity index (χ3n) is 3.94. The van der Waals surface area contributed by atoms with Gasteiger partial charge in [-0.15, -0.1) is 6.58 Å². The van der Waals surface area contributed by atoms with E-state index in [0.717, 1.165) is 0 Å². The normalized spacial score (nSPS) is 16.7. The summed E-state index contributed by atoms with van der Waals surface area (Å²) in [6, 6.07) is 0. The van der Waals surface area contributed by atoms with Gasteiger partial charge in [-0.2, -0.15) is 0 Å². The molecule has 0 spiro atoms. The summed E-state index contributed by atoms with van der Waals surface area (Å²) in [5, 5.41) is 10.1. The van der Waals surface area contributed by atoms with Gasteiger partial charge in [-0.25, -0.2) is 0 Å². The third-order valence-corrected chi connectivity index (χ3v) is 8.44. The quantitative estimate of drug-likeness (QED) is 0.551. The zero-order valence-corrected chi connectivity index (χ0v) is 14.3. The van der Waals surface area contributed by atoms with Gasteiger partial charge >= 0.3 is 0 Å². The topological polar surface area (TPSA) is 29.5 Å². The molecule has 0 aliphatic heterocycles. The van der Waals surface area contributed by atoms with E-state index in [9.17, 15) is 5.11 Å². The summed E-state index contributed by atoms with van der Waals surface area (Å²) in [5.74, 6) is 0.429. The van der Waals surface area contributed by atoms with Crippen molar-refractivity contribution in [3.05, 3.63) is 12.7 Å². The summed E-state index contributed by atoms with van der Waals surface area (Å²) in [7, 11) is -1.76. The maximum Gasteiger partial charge on any atom is 0.192 e. The predicted molar refractivity (Wildman–Crippen MR) is 82.3 cm³/mol. The molecule has 2 nitrogen and oxygen atoms in total. The number of hydrogen-bond acceptors (Lipinski definition) is 2. The van der Waals surface area contributed by atoms with E-state index in [0.29, 0.717) is 18.8 Å². The standard InChI is InChI=1S/C15H32O2Si/c1-9-10-13(16)11-14(12(2)3)17-18(7,8)15(4,5)6/h9,12-14,16H,1,10-11H2,2-8H3/t13-,14-/m1/s1.